The summed E-state index contributed by atoms with van der Waals surface area (Å²) < 4.78 is 0. The molecule has 2 heteroatoms. The number of nitrogens with zero attached hydrogens (tertiary/aromatic N) is 1. The van der Waals surface area contributed by atoms with Crippen molar-refractivity contribution < 1.29 is 0 Å². The second kappa shape index (κ2) is 5.31. The average Bonchev–Trinajstić information content (AvgIpc) is 2.63. The van der Waals surface area contributed by atoms with Crippen LogP contribution in [0.2, 0.25) is 0 Å². The minimum atomic E-state index is 0.896. The van der Waals surface area contributed by atoms with Gasteiger partial charge >= 0.3 is 0 Å². The van der Waals surface area contributed by atoms with Crippen LogP contribution in [0.3, 0.4) is 0 Å². The molecule has 2 aliphatic rings. The summed E-state index contributed by atoms with van der Waals surface area (Å²) in [5.41, 5.74) is 4.61. The van der Waals surface area contributed by atoms with E-state index in [9.17, 15) is 0 Å². The Labute approximate surface area is 110 Å². The van der Waals surface area contributed by atoms with Crippen molar-refractivity contribution in [2.75, 3.05) is 24.5 Å². The summed E-state index contributed by atoms with van der Waals surface area (Å²) in [6.07, 6.45) is 5.27. The standard InChI is InChI=1S/C16H24N2/c1-13-4-3-10-18(11-8-13)16-6-2-5-14-7-9-17-12-15(14)16/h2,5-6,13,17H,3-4,7-12H2,1H3. The van der Waals surface area contributed by atoms with E-state index in [1.807, 2.05) is 0 Å². The molecule has 3 rings (SSSR count). The highest BCUT2D eigenvalue weighted by molar-refractivity contribution is 5.57. The Balaban J connectivity index is 1.87. The molecular weight excluding hydrogens is 220 g/mol. The summed E-state index contributed by atoms with van der Waals surface area (Å²) in [7, 11) is 0. The molecule has 0 aliphatic carbocycles. The van der Waals surface area contributed by atoms with Crippen molar-refractivity contribution in [3.63, 3.8) is 0 Å². The van der Waals surface area contributed by atoms with Crippen LogP contribution in [0.5, 0.6) is 0 Å². The number of hydrogen-bond acceptors (Lipinski definition) is 2. The van der Waals surface area contributed by atoms with E-state index in [2.05, 4.69) is 35.3 Å². The molecule has 1 fully saturated rings. The molecule has 0 spiro atoms. The fourth-order valence-corrected chi connectivity index (χ4v) is 3.30. The molecule has 1 aromatic carbocycles. The lowest BCUT2D eigenvalue weighted by molar-refractivity contribution is 0.521. The van der Waals surface area contributed by atoms with Gasteiger partial charge in [-0.2, -0.15) is 0 Å². The van der Waals surface area contributed by atoms with Crippen LogP contribution in [0.25, 0.3) is 0 Å². The van der Waals surface area contributed by atoms with E-state index in [0.717, 1.165) is 19.0 Å². The average molecular weight is 244 g/mol. The lowest BCUT2D eigenvalue weighted by Gasteiger charge is -2.29. The van der Waals surface area contributed by atoms with Crippen LogP contribution in [0.15, 0.2) is 18.2 Å². The van der Waals surface area contributed by atoms with Crippen LogP contribution >= 0.6 is 0 Å². The lowest BCUT2D eigenvalue weighted by atomic mass is 9.98. The largest absolute Gasteiger partial charge is 0.371 e. The van der Waals surface area contributed by atoms with Gasteiger partial charge in [-0.15, -0.1) is 0 Å². The smallest absolute Gasteiger partial charge is 0.0414 e. The molecule has 2 aliphatic heterocycles. The van der Waals surface area contributed by atoms with Crippen molar-refractivity contribution in [2.24, 2.45) is 5.92 Å². The second-order valence-corrected chi connectivity index (χ2v) is 5.86. The number of rotatable bonds is 1. The van der Waals surface area contributed by atoms with Crippen molar-refractivity contribution in [1.29, 1.82) is 0 Å². The van der Waals surface area contributed by atoms with Gasteiger partial charge in [-0.3, -0.25) is 0 Å². The third-order valence-corrected chi connectivity index (χ3v) is 4.48. The van der Waals surface area contributed by atoms with E-state index >= 15 is 0 Å². The fourth-order valence-electron chi connectivity index (χ4n) is 3.30. The molecule has 0 saturated carbocycles. The molecule has 18 heavy (non-hydrogen) atoms. The summed E-state index contributed by atoms with van der Waals surface area (Å²) in [4.78, 5) is 2.62. The summed E-state index contributed by atoms with van der Waals surface area (Å²) in [6, 6.07) is 6.87. The van der Waals surface area contributed by atoms with Gasteiger partial charge in [-0.25, -0.2) is 0 Å². The Hall–Kier alpha value is -1.02. The molecule has 1 atom stereocenters. The van der Waals surface area contributed by atoms with Gasteiger partial charge in [0.2, 0.25) is 0 Å². The Morgan fingerprint density at radius 3 is 3.11 bits per heavy atom. The molecule has 0 amide bonds. The van der Waals surface area contributed by atoms with E-state index in [0.29, 0.717) is 0 Å². The van der Waals surface area contributed by atoms with Gasteiger partial charge in [0.05, 0.1) is 0 Å². The van der Waals surface area contributed by atoms with Crippen molar-refractivity contribution >= 4 is 5.69 Å². The number of nitrogens with one attached hydrogen (secondary N) is 1. The summed E-state index contributed by atoms with van der Waals surface area (Å²) >= 11 is 0. The van der Waals surface area contributed by atoms with Crippen molar-refractivity contribution in [3.05, 3.63) is 29.3 Å². The van der Waals surface area contributed by atoms with Gasteiger partial charge in [0, 0.05) is 25.3 Å². The van der Waals surface area contributed by atoms with Gasteiger partial charge in [0.25, 0.3) is 0 Å². The van der Waals surface area contributed by atoms with Crippen molar-refractivity contribution in [2.45, 2.75) is 39.2 Å². The number of benzene rings is 1. The van der Waals surface area contributed by atoms with Gasteiger partial charge in [0.15, 0.2) is 0 Å². The van der Waals surface area contributed by atoms with Crippen molar-refractivity contribution in [3.8, 4) is 0 Å². The predicted molar refractivity (Wildman–Crippen MR) is 77.1 cm³/mol. The SMILES string of the molecule is CC1CCCN(c2cccc3c2CNCC3)CC1. The number of fused-ring (bicyclic) bond motifs is 1. The zero-order valence-electron chi connectivity index (χ0n) is 11.4. The van der Waals surface area contributed by atoms with Gasteiger partial charge in [-0.05, 0) is 55.3 Å². The first-order valence-corrected chi connectivity index (χ1v) is 7.41. The number of hydrogen-bond donors (Lipinski definition) is 1. The Kier molecular flexibility index (Phi) is 3.55. The quantitative estimate of drug-likeness (QED) is 0.817. The van der Waals surface area contributed by atoms with Crippen LogP contribution in [0.4, 0.5) is 5.69 Å². The van der Waals surface area contributed by atoms with Gasteiger partial charge in [0.1, 0.15) is 0 Å². The molecule has 2 nitrogen and oxygen atoms in total. The van der Waals surface area contributed by atoms with E-state index in [1.54, 1.807) is 11.1 Å². The Morgan fingerprint density at radius 1 is 1.22 bits per heavy atom. The third-order valence-electron chi connectivity index (χ3n) is 4.48. The predicted octanol–water partition coefficient (Wildman–Crippen LogP) is 2.96. The second-order valence-electron chi connectivity index (χ2n) is 5.86. The zero-order valence-corrected chi connectivity index (χ0v) is 11.4. The molecule has 1 saturated heterocycles. The van der Waals surface area contributed by atoms with Crippen LogP contribution in [0, 0.1) is 5.92 Å². The molecule has 0 radical (unpaired) electrons. The van der Waals surface area contributed by atoms with E-state index in [4.69, 9.17) is 0 Å². The first kappa shape index (κ1) is 12.0. The highest BCUT2D eigenvalue weighted by Gasteiger charge is 2.19. The maximum atomic E-state index is 3.52. The molecule has 1 aromatic rings. The summed E-state index contributed by atoms with van der Waals surface area (Å²) in [6.45, 7) is 7.05. The van der Waals surface area contributed by atoms with E-state index in [1.165, 1.54) is 44.5 Å². The summed E-state index contributed by atoms with van der Waals surface area (Å²) in [5, 5.41) is 3.52. The van der Waals surface area contributed by atoms with Crippen LogP contribution in [0.1, 0.15) is 37.3 Å². The molecule has 1 unspecified atom stereocenters. The molecule has 98 valence electrons. The topological polar surface area (TPSA) is 15.3 Å². The molecule has 0 aromatic heterocycles. The Morgan fingerprint density at radius 2 is 2.17 bits per heavy atom. The van der Waals surface area contributed by atoms with E-state index < -0.39 is 0 Å². The molecular formula is C16H24N2. The maximum Gasteiger partial charge on any atom is 0.0414 e. The minimum absolute atomic E-state index is 0.896. The van der Waals surface area contributed by atoms with Gasteiger partial charge < -0.3 is 10.2 Å². The molecule has 1 N–H and O–H groups in total. The van der Waals surface area contributed by atoms with E-state index in [-0.39, 0.29) is 0 Å². The third kappa shape index (κ3) is 2.39. The molecule has 0 bridgehead atoms. The van der Waals surface area contributed by atoms with Crippen LogP contribution in [-0.4, -0.2) is 19.6 Å². The monoisotopic (exact) mass is 244 g/mol. The fraction of sp³-hybridized carbons (Fsp3) is 0.625. The zero-order chi connectivity index (χ0) is 12.4. The minimum Gasteiger partial charge on any atom is -0.371 e. The molecule has 2 heterocycles. The van der Waals surface area contributed by atoms with Crippen LogP contribution in [-0.2, 0) is 13.0 Å². The number of anilines is 1. The lowest BCUT2D eigenvalue weighted by Crippen LogP contribution is -2.30. The highest BCUT2D eigenvalue weighted by Crippen LogP contribution is 2.29. The Bertz CT molecular complexity index is 414. The first-order chi connectivity index (χ1) is 8.84. The van der Waals surface area contributed by atoms with Gasteiger partial charge in [-0.1, -0.05) is 19.1 Å². The van der Waals surface area contributed by atoms with Crippen LogP contribution < -0.4 is 10.2 Å². The maximum absolute atomic E-state index is 3.52. The normalized spacial score (nSPS) is 24.5. The highest BCUT2D eigenvalue weighted by atomic mass is 15.1. The van der Waals surface area contributed by atoms with Crippen molar-refractivity contribution in [1.82, 2.24) is 5.32 Å². The first-order valence-electron chi connectivity index (χ1n) is 7.41. The summed E-state index contributed by atoms with van der Waals surface area (Å²) in [5.74, 6) is 0.896.